The lowest BCUT2D eigenvalue weighted by Crippen LogP contribution is -2.58. The molecule has 0 radical (unpaired) electrons. The molecule has 3 rings (SSSR count). The first-order valence-corrected chi connectivity index (χ1v) is 3.20. The second-order valence-electron chi connectivity index (χ2n) is 3.58. The van der Waals surface area contributed by atoms with Crippen LogP contribution in [0.15, 0.2) is 0 Å². The van der Waals surface area contributed by atoms with Crippen molar-refractivity contribution in [1.29, 1.82) is 0 Å². The van der Waals surface area contributed by atoms with Gasteiger partial charge in [0, 0.05) is 11.1 Å². The van der Waals surface area contributed by atoms with Gasteiger partial charge in [0.2, 0.25) is 0 Å². The molecule has 0 unspecified atom stereocenters. The molecule has 0 atom stereocenters. The van der Waals surface area contributed by atoms with Crippen molar-refractivity contribution >= 4 is 0 Å². The van der Waals surface area contributed by atoms with Gasteiger partial charge in [-0.2, -0.15) is 0 Å². The highest BCUT2D eigenvalue weighted by Crippen LogP contribution is 2.51. The van der Waals surface area contributed by atoms with E-state index in [1.54, 1.807) is 0 Å². The fourth-order valence-corrected chi connectivity index (χ4v) is 2.20. The SMILES string of the molecule is NC12CCC(N)(C1)C2. The lowest BCUT2D eigenvalue weighted by Gasteiger charge is -2.42. The van der Waals surface area contributed by atoms with Crippen molar-refractivity contribution in [3.63, 3.8) is 0 Å². The van der Waals surface area contributed by atoms with E-state index in [1.165, 1.54) is 0 Å². The lowest BCUT2D eigenvalue weighted by atomic mass is 9.73. The summed E-state index contributed by atoms with van der Waals surface area (Å²) in [6.07, 6.45) is 4.45. The van der Waals surface area contributed by atoms with E-state index in [2.05, 4.69) is 0 Å². The van der Waals surface area contributed by atoms with Gasteiger partial charge in [-0.1, -0.05) is 0 Å². The van der Waals surface area contributed by atoms with Gasteiger partial charge in [0.05, 0.1) is 0 Å². The van der Waals surface area contributed by atoms with E-state index in [9.17, 15) is 0 Å². The molecule has 46 valence electrons. The number of hydrogen-bond donors (Lipinski definition) is 2. The highest BCUT2D eigenvalue weighted by atomic mass is 15.0. The number of fused-ring (bicyclic) bond motifs is 1. The third-order valence-electron chi connectivity index (χ3n) is 2.53. The van der Waals surface area contributed by atoms with Gasteiger partial charge in [-0.15, -0.1) is 0 Å². The monoisotopic (exact) mass is 112 g/mol. The first-order valence-electron chi connectivity index (χ1n) is 3.20. The number of rotatable bonds is 0. The molecular formula is C6H12N2. The average molecular weight is 112 g/mol. The Morgan fingerprint density at radius 2 is 1.25 bits per heavy atom. The van der Waals surface area contributed by atoms with Crippen LogP contribution in [0.5, 0.6) is 0 Å². The molecule has 3 fully saturated rings. The Labute approximate surface area is 49.2 Å². The zero-order chi connectivity index (χ0) is 5.83. The maximum atomic E-state index is 5.85. The lowest BCUT2D eigenvalue weighted by molar-refractivity contribution is 0.205. The molecular weight excluding hydrogens is 100 g/mol. The Bertz CT molecular complexity index is 110. The summed E-state index contributed by atoms with van der Waals surface area (Å²) in [6, 6.07) is 0. The molecule has 3 aliphatic carbocycles. The van der Waals surface area contributed by atoms with E-state index in [-0.39, 0.29) is 11.1 Å². The van der Waals surface area contributed by atoms with E-state index >= 15 is 0 Å². The van der Waals surface area contributed by atoms with Gasteiger partial charge in [0.15, 0.2) is 0 Å². The number of nitrogens with two attached hydrogens (primary N) is 2. The van der Waals surface area contributed by atoms with E-state index in [0.717, 1.165) is 25.7 Å². The van der Waals surface area contributed by atoms with Crippen LogP contribution in [0, 0.1) is 0 Å². The standard InChI is InChI=1S/C6H12N2/c7-5-1-2-6(8,3-5)4-5/h1-4,7-8H2. The molecule has 0 aromatic rings. The summed E-state index contributed by atoms with van der Waals surface area (Å²) in [7, 11) is 0. The van der Waals surface area contributed by atoms with Crippen LogP contribution in [0.4, 0.5) is 0 Å². The van der Waals surface area contributed by atoms with Crippen LogP contribution in [0.3, 0.4) is 0 Å². The van der Waals surface area contributed by atoms with Crippen LogP contribution in [-0.2, 0) is 0 Å². The van der Waals surface area contributed by atoms with Gasteiger partial charge in [-0.25, -0.2) is 0 Å². The average Bonchev–Trinajstić information content (AvgIpc) is 1.88. The molecule has 0 saturated heterocycles. The summed E-state index contributed by atoms with van der Waals surface area (Å²) < 4.78 is 0. The molecule has 0 aromatic heterocycles. The molecule has 0 aromatic carbocycles. The first kappa shape index (κ1) is 4.77. The van der Waals surface area contributed by atoms with Gasteiger partial charge in [-0.3, -0.25) is 0 Å². The van der Waals surface area contributed by atoms with Crippen LogP contribution < -0.4 is 11.5 Å². The minimum atomic E-state index is 0.175. The quantitative estimate of drug-likeness (QED) is 0.462. The molecule has 0 aliphatic heterocycles. The van der Waals surface area contributed by atoms with Crippen molar-refractivity contribution in [1.82, 2.24) is 0 Å². The highest BCUT2D eigenvalue weighted by molar-refractivity contribution is 5.18. The van der Waals surface area contributed by atoms with E-state index in [0.29, 0.717) is 0 Å². The normalized spacial score (nSPS) is 60.8. The molecule has 2 bridgehead atoms. The minimum absolute atomic E-state index is 0.175. The zero-order valence-corrected chi connectivity index (χ0v) is 4.98. The second kappa shape index (κ2) is 0.957. The Morgan fingerprint density at radius 1 is 0.875 bits per heavy atom. The summed E-state index contributed by atoms with van der Waals surface area (Å²) in [5, 5.41) is 0. The molecule has 3 saturated carbocycles. The van der Waals surface area contributed by atoms with Crippen molar-refractivity contribution in [2.24, 2.45) is 11.5 Å². The molecule has 0 amide bonds. The maximum Gasteiger partial charge on any atom is 0.0190 e. The Morgan fingerprint density at radius 3 is 1.38 bits per heavy atom. The Balaban J connectivity index is 2.22. The highest BCUT2D eigenvalue weighted by Gasteiger charge is 2.56. The van der Waals surface area contributed by atoms with Crippen LogP contribution in [0.1, 0.15) is 25.7 Å². The molecule has 0 spiro atoms. The third-order valence-corrected chi connectivity index (χ3v) is 2.53. The van der Waals surface area contributed by atoms with Crippen molar-refractivity contribution in [3.05, 3.63) is 0 Å². The zero-order valence-electron chi connectivity index (χ0n) is 4.98. The largest absolute Gasteiger partial charge is 0.325 e. The fraction of sp³-hybridized carbons (Fsp3) is 1.00. The van der Waals surface area contributed by atoms with Gasteiger partial charge in [-0.05, 0) is 25.7 Å². The predicted molar refractivity (Wildman–Crippen MR) is 32.3 cm³/mol. The van der Waals surface area contributed by atoms with Crippen LogP contribution in [0.25, 0.3) is 0 Å². The summed E-state index contributed by atoms with van der Waals surface area (Å²) in [5.41, 5.74) is 12.0. The molecule has 8 heavy (non-hydrogen) atoms. The minimum Gasteiger partial charge on any atom is -0.325 e. The summed E-state index contributed by atoms with van der Waals surface area (Å²) in [6.45, 7) is 0. The summed E-state index contributed by atoms with van der Waals surface area (Å²) in [5.74, 6) is 0. The van der Waals surface area contributed by atoms with Crippen LogP contribution >= 0.6 is 0 Å². The van der Waals surface area contributed by atoms with Crippen LogP contribution in [-0.4, -0.2) is 11.1 Å². The van der Waals surface area contributed by atoms with Gasteiger partial charge in [0.25, 0.3) is 0 Å². The molecule has 3 aliphatic rings. The number of hydrogen-bond acceptors (Lipinski definition) is 2. The van der Waals surface area contributed by atoms with E-state index in [4.69, 9.17) is 11.5 Å². The second-order valence-corrected chi connectivity index (χ2v) is 3.58. The molecule has 0 heterocycles. The Hall–Kier alpha value is -0.0800. The summed E-state index contributed by atoms with van der Waals surface area (Å²) in [4.78, 5) is 0. The third kappa shape index (κ3) is 0.400. The topological polar surface area (TPSA) is 52.0 Å². The van der Waals surface area contributed by atoms with Crippen molar-refractivity contribution in [2.45, 2.75) is 36.8 Å². The van der Waals surface area contributed by atoms with Crippen LogP contribution in [0.2, 0.25) is 0 Å². The fourth-order valence-electron chi connectivity index (χ4n) is 2.20. The van der Waals surface area contributed by atoms with Crippen molar-refractivity contribution in [2.75, 3.05) is 0 Å². The predicted octanol–water partition coefficient (Wildman–Crippen LogP) is -0.0310. The maximum absolute atomic E-state index is 5.85. The molecule has 2 heteroatoms. The molecule has 4 N–H and O–H groups in total. The van der Waals surface area contributed by atoms with E-state index < -0.39 is 0 Å². The molecule has 2 nitrogen and oxygen atoms in total. The van der Waals surface area contributed by atoms with E-state index in [1.807, 2.05) is 0 Å². The van der Waals surface area contributed by atoms with Gasteiger partial charge < -0.3 is 11.5 Å². The van der Waals surface area contributed by atoms with Crippen molar-refractivity contribution < 1.29 is 0 Å². The van der Waals surface area contributed by atoms with Crippen molar-refractivity contribution in [3.8, 4) is 0 Å². The van der Waals surface area contributed by atoms with Gasteiger partial charge >= 0.3 is 0 Å². The first-order chi connectivity index (χ1) is 3.62. The Kier molecular flexibility index (Phi) is 0.570. The smallest absolute Gasteiger partial charge is 0.0190 e. The summed E-state index contributed by atoms with van der Waals surface area (Å²) >= 11 is 0. The van der Waals surface area contributed by atoms with Gasteiger partial charge in [0.1, 0.15) is 0 Å².